The smallest absolute Gasteiger partial charge is 0.143 e. The van der Waals surface area contributed by atoms with Gasteiger partial charge in [0.05, 0.1) is 5.02 Å². The Morgan fingerprint density at radius 3 is 3.00 bits per heavy atom. The first kappa shape index (κ1) is 11.0. The average molecular weight is 212 g/mol. The van der Waals surface area contributed by atoms with E-state index < -0.39 is 5.82 Å². The standard InChI is InChI=1S/C11H11ClFN/c1-14-8-3-2-5-9-6-4-7-10(13)11(9)12/h4,6-7,14H,3,8H2,1H3. The number of nitrogens with one attached hydrogen (secondary N) is 1. The second-order valence-electron chi connectivity index (χ2n) is 2.76. The lowest BCUT2D eigenvalue weighted by Gasteiger charge is -1.95. The number of hydrogen-bond donors (Lipinski definition) is 1. The van der Waals surface area contributed by atoms with Crippen LogP contribution in [0, 0.1) is 17.7 Å². The fourth-order valence-corrected chi connectivity index (χ4v) is 1.12. The maximum atomic E-state index is 12.9. The molecule has 0 saturated heterocycles. The molecule has 1 N–H and O–H groups in total. The van der Waals surface area contributed by atoms with Gasteiger partial charge in [0, 0.05) is 18.5 Å². The second kappa shape index (κ2) is 5.64. The molecular weight excluding hydrogens is 201 g/mol. The Morgan fingerprint density at radius 1 is 1.50 bits per heavy atom. The van der Waals surface area contributed by atoms with Crippen LogP contribution < -0.4 is 5.32 Å². The van der Waals surface area contributed by atoms with E-state index in [9.17, 15) is 4.39 Å². The highest BCUT2D eigenvalue weighted by Crippen LogP contribution is 2.18. The highest BCUT2D eigenvalue weighted by Gasteiger charge is 2.01. The number of benzene rings is 1. The first-order valence-electron chi connectivity index (χ1n) is 4.33. The molecule has 0 amide bonds. The summed E-state index contributed by atoms with van der Waals surface area (Å²) in [4.78, 5) is 0. The van der Waals surface area contributed by atoms with Crippen molar-refractivity contribution >= 4 is 11.6 Å². The summed E-state index contributed by atoms with van der Waals surface area (Å²) in [5, 5.41) is 3.07. The molecule has 0 atom stereocenters. The molecule has 1 aromatic rings. The van der Waals surface area contributed by atoms with Crippen molar-refractivity contribution < 1.29 is 4.39 Å². The summed E-state index contributed by atoms with van der Waals surface area (Å²) in [5.41, 5.74) is 0.544. The van der Waals surface area contributed by atoms with E-state index >= 15 is 0 Å². The van der Waals surface area contributed by atoms with Crippen LogP contribution in [0.5, 0.6) is 0 Å². The Bertz CT molecular complexity index is 365. The van der Waals surface area contributed by atoms with E-state index in [0.717, 1.165) is 13.0 Å². The van der Waals surface area contributed by atoms with E-state index in [1.165, 1.54) is 6.07 Å². The van der Waals surface area contributed by atoms with E-state index in [1.54, 1.807) is 12.1 Å². The number of hydrogen-bond acceptors (Lipinski definition) is 1. The summed E-state index contributed by atoms with van der Waals surface area (Å²) in [6.45, 7) is 0.819. The molecule has 0 saturated carbocycles. The maximum absolute atomic E-state index is 12.9. The Balaban J connectivity index is 2.74. The molecule has 0 bridgehead atoms. The minimum absolute atomic E-state index is 0.101. The van der Waals surface area contributed by atoms with Crippen LogP contribution in [0.1, 0.15) is 12.0 Å². The molecule has 14 heavy (non-hydrogen) atoms. The van der Waals surface area contributed by atoms with Crippen molar-refractivity contribution in [3.05, 3.63) is 34.6 Å². The van der Waals surface area contributed by atoms with Gasteiger partial charge in [-0.15, -0.1) is 0 Å². The zero-order valence-corrected chi connectivity index (χ0v) is 8.66. The van der Waals surface area contributed by atoms with Crippen LogP contribution in [0.3, 0.4) is 0 Å². The second-order valence-corrected chi connectivity index (χ2v) is 3.13. The Morgan fingerprint density at radius 2 is 2.29 bits per heavy atom. The van der Waals surface area contributed by atoms with Crippen LogP contribution in [0.15, 0.2) is 18.2 Å². The van der Waals surface area contributed by atoms with Crippen molar-refractivity contribution in [1.82, 2.24) is 5.32 Å². The predicted molar refractivity (Wildman–Crippen MR) is 56.8 cm³/mol. The topological polar surface area (TPSA) is 12.0 Å². The summed E-state index contributed by atoms with van der Waals surface area (Å²) < 4.78 is 12.9. The lowest BCUT2D eigenvalue weighted by atomic mass is 10.2. The molecule has 0 aliphatic heterocycles. The van der Waals surface area contributed by atoms with Gasteiger partial charge in [-0.3, -0.25) is 0 Å². The average Bonchev–Trinajstić information content (AvgIpc) is 2.19. The molecule has 0 fully saturated rings. The highest BCUT2D eigenvalue weighted by molar-refractivity contribution is 6.31. The molecule has 0 spiro atoms. The predicted octanol–water partition coefficient (Wildman–Crippen LogP) is 2.44. The van der Waals surface area contributed by atoms with E-state index in [0.29, 0.717) is 5.56 Å². The minimum atomic E-state index is -0.424. The van der Waals surface area contributed by atoms with Crippen molar-refractivity contribution in [3.63, 3.8) is 0 Å². The minimum Gasteiger partial charge on any atom is -0.319 e. The molecule has 0 unspecified atom stereocenters. The summed E-state index contributed by atoms with van der Waals surface area (Å²) in [7, 11) is 1.86. The lowest BCUT2D eigenvalue weighted by Crippen LogP contribution is -2.05. The number of rotatable bonds is 2. The molecule has 1 aromatic carbocycles. The lowest BCUT2D eigenvalue weighted by molar-refractivity contribution is 0.628. The largest absolute Gasteiger partial charge is 0.319 e. The third-order valence-electron chi connectivity index (χ3n) is 1.67. The van der Waals surface area contributed by atoms with Crippen LogP contribution in [-0.2, 0) is 0 Å². The van der Waals surface area contributed by atoms with Gasteiger partial charge in [0.15, 0.2) is 0 Å². The Labute approximate surface area is 88.3 Å². The van der Waals surface area contributed by atoms with Gasteiger partial charge in [0.25, 0.3) is 0 Å². The van der Waals surface area contributed by atoms with E-state index in [4.69, 9.17) is 11.6 Å². The molecule has 0 aromatic heterocycles. The zero-order valence-electron chi connectivity index (χ0n) is 7.90. The summed E-state index contributed by atoms with van der Waals surface area (Å²) in [5.74, 6) is 5.31. The summed E-state index contributed by atoms with van der Waals surface area (Å²) >= 11 is 5.71. The van der Waals surface area contributed by atoms with Gasteiger partial charge in [0.1, 0.15) is 5.82 Å². The fraction of sp³-hybridized carbons (Fsp3) is 0.273. The maximum Gasteiger partial charge on any atom is 0.143 e. The number of halogens is 2. The monoisotopic (exact) mass is 211 g/mol. The molecule has 0 radical (unpaired) electrons. The molecule has 0 heterocycles. The molecule has 0 aliphatic carbocycles. The van der Waals surface area contributed by atoms with Crippen molar-refractivity contribution in [2.45, 2.75) is 6.42 Å². The van der Waals surface area contributed by atoms with Crippen molar-refractivity contribution in [2.24, 2.45) is 0 Å². The van der Waals surface area contributed by atoms with Crippen LogP contribution in [0.25, 0.3) is 0 Å². The highest BCUT2D eigenvalue weighted by atomic mass is 35.5. The van der Waals surface area contributed by atoms with Crippen molar-refractivity contribution in [2.75, 3.05) is 13.6 Å². The first-order chi connectivity index (χ1) is 6.75. The van der Waals surface area contributed by atoms with Crippen LogP contribution >= 0.6 is 11.6 Å². The Hall–Kier alpha value is -1.04. The molecule has 0 aliphatic rings. The molecule has 3 heteroatoms. The van der Waals surface area contributed by atoms with Crippen molar-refractivity contribution in [3.8, 4) is 11.8 Å². The first-order valence-corrected chi connectivity index (χ1v) is 4.71. The van der Waals surface area contributed by atoms with Crippen LogP contribution in [-0.4, -0.2) is 13.6 Å². The van der Waals surface area contributed by atoms with Crippen LogP contribution in [0.4, 0.5) is 4.39 Å². The summed E-state index contributed by atoms with van der Waals surface area (Å²) in [6, 6.07) is 4.63. The quantitative estimate of drug-likeness (QED) is 0.585. The SMILES string of the molecule is CNCCC#Cc1cccc(F)c1Cl. The van der Waals surface area contributed by atoms with Gasteiger partial charge in [-0.25, -0.2) is 4.39 Å². The zero-order chi connectivity index (χ0) is 10.4. The fourth-order valence-electron chi connectivity index (χ4n) is 0.946. The molecular formula is C11H11ClFN. The van der Waals surface area contributed by atoms with E-state index in [1.807, 2.05) is 7.05 Å². The van der Waals surface area contributed by atoms with Crippen LogP contribution in [0.2, 0.25) is 5.02 Å². The molecule has 1 rings (SSSR count). The normalized spacial score (nSPS) is 9.36. The van der Waals surface area contributed by atoms with E-state index in [2.05, 4.69) is 17.2 Å². The van der Waals surface area contributed by atoms with Crippen molar-refractivity contribution in [1.29, 1.82) is 0 Å². The van der Waals surface area contributed by atoms with Gasteiger partial charge in [-0.05, 0) is 19.2 Å². The Kier molecular flexibility index (Phi) is 4.45. The van der Waals surface area contributed by atoms with Gasteiger partial charge >= 0.3 is 0 Å². The third kappa shape index (κ3) is 3.02. The van der Waals surface area contributed by atoms with Gasteiger partial charge < -0.3 is 5.32 Å². The molecule has 74 valence electrons. The van der Waals surface area contributed by atoms with Gasteiger partial charge in [-0.2, -0.15) is 0 Å². The third-order valence-corrected chi connectivity index (χ3v) is 2.06. The van der Waals surface area contributed by atoms with Gasteiger partial charge in [-0.1, -0.05) is 29.5 Å². The molecule has 1 nitrogen and oxygen atoms in total. The summed E-state index contributed by atoms with van der Waals surface area (Å²) in [6.07, 6.45) is 0.726. The van der Waals surface area contributed by atoms with E-state index in [-0.39, 0.29) is 5.02 Å². The van der Waals surface area contributed by atoms with Gasteiger partial charge in [0.2, 0.25) is 0 Å².